The van der Waals surface area contributed by atoms with Crippen molar-refractivity contribution in [1.82, 2.24) is 5.32 Å². The van der Waals surface area contributed by atoms with Gasteiger partial charge in [0, 0.05) is 16.2 Å². The van der Waals surface area contributed by atoms with Crippen molar-refractivity contribution >= 4 is 11.8 Å². The van der Waals surface area contributed by atoms with Gasteiger partial charge in [0.05, 0.1) is 0 Å². The molecule has 3 rings (SSSR count). The molecular weight excluding hydrogens is 257 g/mol. The van der Waals surface area contributed by atoms with Crippen LogP contribution in [-0.4, -0.2) is 12.3 Å². The van der Waals surface area contributed by atoms with Crippen LogP contribution in [0.25, 0.3) is 0 Å². The molecule has 1 nitrogen and oxygen atoms in total. The highest BCUT2D eigenvalue weighted by Gasteiger charge is 2.31. The van der Waals surface area contributed by atoms with E-state index >= 15 is 0 Å². The van der Waals surface area contributed by atoms with Crippen LogP contribution in [0.15, 0.2) is 53.4 Å². The van der Waals surface area contributed by atoms with Gasteiger partial charge in [-0.15, -0.1) is 11.8 Å². The molecule has 0 heterocycles. The van der Waals surface area contributed by atoms with Gasteiger partial charge in [0.15, 0.2) is 0 Å². The fraction of sp³-hybridized carbons (Fsp3) is 0.250. The molecule has 19 heavy (non-hydrogen) atoms. The highest BCUT2D eigenvalue weighted by Crippen LogP contribution is 2.41. The van der Waals surface area contributed by atoms with Crippen LogP contribution in [0.5, 0.6) is 0 Å². The second kappa shape index (κ2) is 5.35. The normalized spacial score (nSPS) is 21.4. The molecule has 0 spiro atoms. The fourth-order valence-corrected chi connectivity index (χ4v) is 4.02. The number of hydrogen-bond donors (Lipinski definition) is 1. The van der Waals surface area contributed by atoms with Crippen LogP contribution in [0.3, 0.4) is 0 Å². The van der Waals surface area contributed by atoms with E-state index in [0.29, 0.717) is 11.3 Å². The first-order valence-corrected chi connectivity index (χ1v) is 7.33. The highest BCUT2D eigenvalue weighted by atomic mass is 32.2. The molecule has 0 radical (unpaired) electrons. The van der Waals surface area contributed by atoms with E-state index in [0.717, 1.165) is 11.3 Å². The number of hydrogen-bond acceptors (Lipinski definition) is 2. The smallest absolute Gasteiger partial charge is 0.123 e. The van der Waals surface area contributed by atoms with Crippen LogP contribution < -0.4 is 5.32 Å². The Morgan fingerprint density at radius 3 is 2.58 bits per heavy atom. The minimum Gasteiger partial charge on any atom is -0.312 e. The van der Waals surface area contributed by atoms with Crippen LogP contribution in [0.1, 0.15) is 17.2 Å². The number of rotatable bonds is 3. The Morgan fingerprint density at radius 2 is 1.84 bits per heavy atom. The Bertz CT molecular complexity index is 567. The van der Waals surface area contributed by atoms with Gasteiger partial charge in [-0.25, -0.2) is 4.39 Å². The predicted octanol–water partition coefficient (Wildman–Crippen LogP) is 3.80. The van der Waals surface area contributed by atoms with E-state index in [9.17, 15) is 4.39 Å². The van der Waals surface area contributed by atoms with E-state index in [2.05, 4.69) is 29.6 Å². The standard InChI is InChI=1S/C16H16FNS/c1-18-16-14-5-3-2-4-11(14)10-15(16)19-13-8-6-12(17)7-9-13/h2-9,15-16,18H,10H2,1H3. The van der Waals surface area contributed by atoms with Crippen LogP contribution in [0.4, 0.5) is 4.39 Å². The van der Waals surface area contributed by atoms with Gasteiger partial charge in [0.25, 0.3) is 0 Å². The summed E-state index contributed by atoms with van der Waals surface area (Å²) >= 11 is 1.82. The summed E-state index contributed by atoms with van der Waals surface area (Å²) in [4.78, 5) is 1.12. The number of thioether (sulfide) groups is 1. The Balaban J connectivity index is 1.81. The fourth-order valence-electron chi connectivity index (χ4n) is 2.70. The maximum atomic E-state index is 12.9. The third-order valence-electron chi connectivity index (χ3n) is 3.60. The molecule has 0 amide bonds. The van der Waals surface area contributed by atoms with Crippen molar-refractivity contribution in [3.63, 3.8) is 0 Å². The lowest BCUT2D eigenvalue weighted by atomic mass is 10.1. The molecule has 0 aliphatic heterocycles. The topological polar surface area (TPSA) is 12.0 Å². The van der Waals surface area contributed by atoms with E-state index in [1.54, 1.807) is 0 Å². The summed E-state index contributed by atoms with van der Waals surface area (Å²) in [6.45, 7) is 0. The van der Waals surface area contributed by atoms with Gasteiger partial charge in [-0.1, -0.05) is 24.3 Å². The van der Waals surface area contributed by atoms with Crippen molar-refractivity contribution in [3.8, 4) is 0 Å². The third-order valence-corrected chi connectivity index (χ3v) is 4.88. The van der Waals surface area contributed by atoms with E-state index in [-0.39, 0.29) is 5.82 Å². The molecular formula is C16H16FNS. The van der Waals surface area contributed by atoms with Gasteiger partial charge < -0.3 is 5.32 Å². The van der Waals surface area contributed by atoms with Crippen molar-refractivity contribution in [2.24, 2.45) is 0 Å². The molecule has 2 unspecified atom stereocenters. The second-order valence-corrected chi connectivity index (χ2v) is 6.09. The average Bonchev–Trinajstić information content (AvgIpc) is 2.78. The molecule has 1 N–H and O–H groups in total. The van der Waals surface area contributed by atoms with Crippen LogP contribution in [-0.2, 0) is 6.42 Å². The van der Waals surface area contributed by atoms with Gasteiger partial charge in [-0.2, -0.15) is 0 Å². The SMILES string of the molecule is CNC1c2ccccc2CC1Sc1ccc(F)cc1. The van der Waals surface area contributed by atoms with Crippen molar-refractivity contribution < 1.29 is 4.39 Å². The minimum absolute atomic E-state index is 0.177. The Hall–Kier alpha value is -1.32. The molecule has 0 aromatic heterocycles. The first kappa shape index (κ1) is 12.7. The lowest BCUT2D eigenvalue weighted by Gasteiger charge is -2.19. The molecule has 0 saturated heterocycles. The van der Waals surface area contributed by atoms with Gasteiger partial charge >= 0.3 is 0 Å². The molecule has 98 valence electrons. The zero-order chi connectivity index (χ0) is 13.2. The molecule has 0 fully saturated rings. The summed E-state index contributed by atoms with van der Waals surface area (Å²) < 4.78 is 12.9. The highest BCUT2D eigenvalue weighted by molar-refractivity contribution is 8.00. The van der Waals surface area contributed by atoms with Gasteiger partial charge in [-0.05, 0) is 48.9 Å². The minimum atomic E-state index is -0.177. The lowest BCUT2D eigenvalue weighted by Crippen LogP contribution is -2.23. The number of fused-ring (bicyclic) bond motifs is 1. The van der Waals surface area contributed by atoms with Crippen LogP contribution in [0, 0.1) is 5.82 Å². The Kier molecular flexibility index (Phi) is 3.58. The number of nitrogens with one attached hydrogen (secondary N) is 1. The summed E-state index contributed by atoms with van der Waals surface area (Å²) in [5.74, 6) is -0.177. The molecule has 0 bridgehead atoms. The summed E-state index contributed by atoms with van der Waals surface area (Å²) in [6, 6.07) is 15.7. The van der Waals surface area contributed by atoms with E-state index in [1.165, 1.54) is 23.3 Å². The van der Waals surface area contributed by atoms with Crippen molar-refractivity contribution in [1.29, 1.82) is 0 Å². The zero-order valence-electron chi connectivity index (χ0n) is 10.8. The summed E-state index contributed by atoms with van der Waals surface area (Å²) in [6.07, 6.45) is 1.06. The lowest BCUT2D eigenvalue weighted by molar-refractivity contribution is 0.603. The Morgan fingerprint density at radius 1 is 1.11 bits per heavy atom. The maximum Gasteiger partial charge on any atom is 0.123 e. The first-order valence-electron chi connectivity index (χ1n) is 6.45. The average molecular weight is 273 g/mol. The van der Waals surface area contributed by atoms with Gasteiger partial charge in [0.2, 0.25) is 0 Å². The van der Waals surface area contributed by atoms with Crippen molar-refractivity contribution in [2.45, 2.75) is 22.6 Å². The molecule has 0 saturated carbocycles. The van der Waals surface area contributed by atoms with E-state index < -0.39 is 0 Å². The summed E-state index contributed by atoms with van der Waals surface area (Å²) in [5.41, 5.74) is 2.81. The van der Waals surface area contributed by atoms with Crippen LogP contribution in [0.2, 0.25) is 0 Å². The van der Waals surface area contributed by atoms with Gasteiger partial charge in [0.1, 0.15) is 5.82 Å². The molecule has 2 aromatic carbocycles. The van der Waals surface area contributed by atoms with Crippen LogP contribution >= 0.6 is 11.8 Å². The summed E-state index contributed by atoms with van der Waals surface area (Å²) in [7, 11) is 2.00. The summed E-state index contributed by atoms with van der Waals surface area (Å²) in [5, 5.41) is 3.87. The van der Waals surface area contributed by atoms with Crippen molar-refractivity contribution in [3.05, 3.63) is 65.5 Å². The quantitative estimate of drug-likeness (QED) is 0.913. The maximum absolute atomic E-state index is 12.9. The molecule has 1 aliphatic carbocycles. The third kappa shape index (κ3) is 2.53. The molecule has 3 heteroatoms. The Labute approximate surface area is 117 Å². The monoisotopic (exact) mass is 273 g/mol. The van der Waals surface area contributed by atoms with E-state index in [1.807, 2.05) is 30.9 Å². The number of benzene rings is 2. The van der Waals surface area contributed by atoms with E-state index in [4.69, 9.17) is 0 Å². The zero-order valence-corrected chi connectivity index (χ0v) is 11.6. The molecule has 2 atom stereocenters. The molecule has 1 aliphatic rings. The van der Waals surface area contributed by atoms with Crippen molar-refractivity contribution in [2.75, 3.05) is 7.05 Å². The molecule has 2 aromatic rings. The predicted molar refractivity (Wildman–Crippen MR) is 78.0 cm³/mol. The number of halogens is 1. The first-order chi connectivity index (χ1) is 9.28. The second-order valence-electron chi connectivity index (χ2n) is 4.78. The largest absolute Gasteiger partial charge is 0.312 e. The van der Waals surface area contributed by atoms with Gasteiger partial charge in [-0.3, -0.25) is 0 Å².